The summed E-state index contributed by atoms with van der Waals surface area (Å²) in [5.74, 6) is -0.0941. The van der Waals surface area contributed by atoms with Crippen molar-refractivity contribution in [3.05, 3.63) is 18.5 Å². The van der Waals surface area contributed by atoms with Crippen LogP contribution in [0, 0.1) is 0 Å². The summed E-state index contributed by atoms with van der Waals surface area (Å²) in [6, 6.07) is 2.28. The van der Waals surface area contributed by atoms with E-state index < -0.39 is 0 Å². The number of nitrogens with one attached hydrogen (secondary N) is 2. The fraction of sp³-hybridized carbons (Fsp3) is 0.583. The lowest BCUT2D eigenvalue weighted by molar-refractivity contribution is -0.124. The summed E-state index contributed by atoms with van der Waals surface area (Å²) < 4.78 is 1.92. The highest BCUT2D eigenvalue weighted by Crippen LogP contribution is 2.18. The molecular weight excluding hydrogens is 246 g/mol. The third-order valence-corrected chi connectivity index (χ3v) is 3.03. The van der Waals surface area contributed by atoms with Gasteiger partial charge in [0.05, 0.1) is 12.6 Å². The van der Waals surface area contributed by atoms with Gasteiger partial charge < -0.3 is 10.6 Å². The van der Waals surface area contributed by atoms with Gasteiger partial charge in [-0.3, -0.25) is 19.2 Å². The molecule has 1 aliphatic heterocycles. The molecule has 1 fully saturated rings. The van der Waals surface area contributed by atoms with Crippen molar-refractivity contribution in [3.63, 3.8) is 0 Å². The highest BCUT2D eigenvalue weighted by molar-refractivity contribution is 5.78. The summed E-state index contributed by atoms with van der Waals surface area (Å²) in [7, 11) is 0. The van der Waals surface area contributed by atoms with E-state index in [1.807, 2.05) is 16.9 Å². The van der Waals surface area contributed by atoms with Crippen LogP contribution in [-0.4, -0.2) is 59.2 Å². The summed E-state index contributed by atoms with van der Waals surface area (Å²) in [6.45, 7) is 4.49. The van der Waals surface area contributed by atoms with Crippen molar-refractivity contribution in [3.8, 4) is 0 Å². The number of likely N-dealkylation sites (tertiary alicyclic amines) is 1. The molecule has 1 aromatic heterocycles. The maximum atomic E-state index is 11.6. The quantitative estimate of drug-likeness (QED) is 0.646. The van der Waals surface area contributed by atoms with Crippen LogP contribution in [0.1, 0.15) is 13.0 Å². The third-order valence-electron chi connectivity index (χ3n) is 3.03. The number of hydrogen-bond acceptors (Lipinski definition) is 4. The SMILES string of the molecule is CC(=O)NCCNC(=O)CN1CC(n2cccn2)C1. The second-order valence-electron chi connectivity index (χ2n) is 4.67. The molecule has 2 amide bonds. The Bertz CT molecular complexity index is 425. The molecule has 19 heavy (non-hydrogen) atoms. The number of amides is 2. The minimum atomic E-state index is -0.0842. The number of rotatable bonds is 6. The standard InChI is InChI=1S/C12H19N5O2/c1-10(18)13-4-5-14-12(19)9-16-7-11(8-16)17-6-2-3-15-17/h2-3,6,11H,4-5,7-9H2,1H3,(H,13,18)(H,14,19). The highest BCUT2D eigenvalue weighted by atomic mass is 16.2. The van der Waals surface area contributed by atoms with Gasteiger partial charge in [-0.1, -0.05) is 0 Å². The summed E-state index contributed by atoms with van der Waals surface area (Å²) in [5, 5.41) is 9.58. The number of nitrogens with zero attached hydrogens (tertiary/aromatic N) is 3. The van der Waals surface area contributed by atoms with Crippen LogP contribution in [0.25, 0.3) is 0 Å². The summed E-state index contributed by atoms with van der Waals surface area (Å²) in [4.78, 5) is 24.3. The molecule has 2 N–H and O–H groups in total. The fourth-order valence-electron chi connectivity index (χ4n) is 2.04. The monoisotopic (exact) mass is 265 g/mol. The van der Waals surface area contributed by atoms with E-state index in [0.29, 0.717) is 25.7 Å². The Balaban J connectivity index is 1.56. The Morgan fingerprint density at radius 1 is 1.32 bits per heavy atom. The van der Waals surface area contributed by atoms with E-state index in [1.165, 1.54) is 6.92 Å². The number of carbonyl (C=O) groups is 2. The van der Waals surface area contributed by atoms with Crippen molar-refractivity contribution < 1.29 is 9.59 Å². The van der Waals surface area contributed by atoms with E-state index in [0.717, 1.165) is 13.1 Å². The highest BCUT2D eigenvalue weighted by Gasteiger charge is 2.29. The lowest BCUT2D eigenvalue weighted by Gasteiger charge is -2.38. The Kier molecular flexibility index (Phi) is 4.51. The molecule has 104 valence electrons. The Labute approximate surface area is 111 Å². The molecule has 1 aliphatic rings. The molecule has 0 spiro atoms. The molecule has 0 atom stereocenters. The molecule has 0 saturated carbocycles. The zero-order chi connectivity index (χ0) is 13.7. The van der Waals surface area contributed by atoms with Gasteiger partial charge in [-0.25, -0.2) is 0 Å². The van der Waals surface area contributed by atoms with Crippen LogP contribution in [0.5, 0.6) is 0 Å². The molecular formula is C12H19N5O2. The van der Waals surface area contributed by atoms with Crippen LogP contribution >= 0.6 is 0 Å². The van der Waals surface area contributed by atoms with E-state index >= 15 is 0 Å². The third kappa shape index (κ3) is 4.06. The smallest absolute Gasteiger partial charge is 0.234 e. The van der Waals surface area contributed by atoms with E-state index in [4.69, 9.17) is 0 Å². The number of carbonyl (C=O) groups excluding carboxylic acids is 2. The second-order valence-corrected chi connectivity index (χ2v) is 4.67. The van der Waals surface area contributed by atoms with Crippen molar-refractivity contribution in [1.82, 2.24) is 25.3 Å². The van der Waals surface area contributed by atoms with Gasteiger partial charge in [0.1, 0.15) is 0 Å². The summed E-state index contributed by atoms with van der Waals surface area (Å²) in [5.41, 5.74) is 0. The topological polar surface area (TPSA) is 79.3 Å². The van der Waals surface area contributed by atoms with Crippen LogP contribution in [0.2, 0.25) is 0 Å². The first-order valence-electron chi connectivity index (χ1n) is 6.38. The molecule has 2 rings (SSSR count). The maximum absolute atomic E-state index is 11.6. The zero-order valence-electron chi connectivity index (χ0n) is 11.0. The van der Waals surface area contributed by atoms with Crippen molar-refractivity contribution in [2.24, 2.45) is 0 Å². The molecule has 1 aromatic rings. The first-order chi connectivity index (χ1) is 9.15. The summed E-state index contributed by atoms with van der Waals surface area (Å²) >= 11 is 0. The molecule has 0 radical (unpaired) electrons. The van der Waals surface area contributed by atoms with Gasteiger partial charge in [-0.15, -0.1) is 0 Å². The van der Waals surface area contributed by atoms with Crippen LogP contribution in [0.4, 0.5) is 0 Å². The fourth-order valence-corrected chi connectivity index (χ4v) is 2.04. The van der Waals surface area contributed by atoms with Gasteiger partial charge in [0.25, 0.3) is 0 Å². The predicted molar refractivity (Wildman–Crippen MR) is 69.4 cm³/mol. The predicted octanol–water partition coefficient (Wildman–Crippen LogP) is -1.01. The van der Waals surface area contributed by atoms with Crippen molar-refractivity contribution in [2.75, 3.05) is 32.7 Å². The molecule has 1 saturated heterocycles. The number of hydrogen-bond donors (Lipinski definition) is 2. The van der Waals surface area contributed by atoms with E-state index in [9.17, 15) is 9.59 Å². The second kappa shape index (κ2) is 6.33. The first-order valence-corrected chi connectivity index (χ1v) is 6.38. The normalized spacial score (nSPS) is 15.8. The molecule has 0 aliphatic carbocycles. The molecule has 0 unspecified atom stereocenters. The van der Waals surface area contributed by atoms with Gasteiger partial charge in [0, 0.05) is 45.5 Å². The lowest BCUT2D eigenvalue weighted by Crippen LogP contribution is -2.52. The molecule has 2 heterocycles. The van der Waals surface area contributed by atoms with Gasteiger partial charge in [-0.2, -0.15) is 5.10 Å². The van der Waals surface area contributed by atoms with E-state index in [-0.39, 0.29) is 11.8 Å². The maximum Gasteiger partial charge on any atom is 0.234 e. The largest absolute Gasteiger partial charge is 0.355 e. The van der Waals surface area contributed by atoms with Gasteiger partial charge >= 0.3 is 0 Å². The minimum absolute atomic E-state index is 0.00994. The lowest BCUT2D eigenvalue weighted by atomic mass is 10.1. The molecule has 7 heteroatoms. The molecule has 0 aromatic carbocycles. The van der Waals surface area contributed by atoms with Gasteiger partial charge in [0.15, 0.2) is 0 Å². The van der Waals surface area contributed by atoms with Gasteiger partial charge in [-0.05, 0) is 6.07 Å². The molecule has 0 bridgehead atoms. The Morgan fingerprint density at radius 3 is 2.68 bits per heavy atom. The average molecular weight is 265 g/mol. The van der Waals surface area contributed by atoms with Crippen LogP contribution in [-0.2, 0) is 9.59 Å². The van der Waals surface area contributed by atoms with Crippen LogP contribution in [0.3, 0.4) is 0 Å². The summed E-state index contributed by atoms with van der Waals surface area (Å²) in [6.07, 6.45) is 3.70. The van der Waals surface area contributed by atoms with Gasteiger partial charge in [0.2, 0.25) is 11.8 Å². The Hall–Kier alpha value is -1.89. The zero-order valence-corrected chi connectivity index (χ0v) is 11.0. The Morgan fingerprint density at radius 2 is 2.05 bits per heavy atom. The first kappa shape index (κ1) is 13.5. The molecule has 7 nitrogen and oxygen atoms in total. The van der Waals surface area contributed by atoms with Crippen molar-refractivity contribution in [2.45, 2.75) is 13.0 Å². The number of aromatic nitrogens is 2. The van der Waals surface area contributed by atoms with E-state index in [1.54, 1.807) is 6.20 Å². The van der Waals surface area contributed by atoms with Crippen molar-refractivity contribution >= 4 is 11.8 Å². The average Bonchev–Trinajstić information content (AvgIpc) is 2.82. The van der Waals surface area contributed by atoms with Crippen LogP contribution < -0.4 is 10.6 Å². The minimum Gasteiger partial charge on any atom is -0.355 e. The van der Waals surface area contributed by atoms with E-state index in [2.05, 4.69) is 20.6 Å². The van der Waals surface area contributed by atoms with Crippen molar-refractivity contribution in [1.29, 1.82) is 0 Å². The van der Waals surface area contributed by atoms with Crippen LogP contribution in [0.15, 0.2) is 18.5 Å².